The molecule has 2 atom stereocenters. The number of carbonyl (C=O) groups is 2. The van der Waals surface area contributed by atoms with Gasteiger partial charge in [0.05, 0.1) is 12.5 Å². The molecule has 1 heterocycles. The Morgan fingerprint density at radius 3 is 2.38 bits per heavy atom. The quantitative estimate of drug-likeness (QED) is 0.559. The molecule has 2 fully saturated rings. The molecular weight excluding hydrogens is 210 g/mol. The Balaban J connectivity index is 2.44. The minimum Gasteiger partial charge on any atom is -0.448 e. The van der Waals surface area contributed by atoms with E-state index < -0.39 is 16.4 Å². The summed E-state index contributed by atoms with van der Waals surface area (Å²) in [5, 5.41) is 0. The van der Waals surface area contributed by atoms with Crippen LogP contribution < -0.4 is 5.48 Å². The Kier molecular flexibility index (Phi) is 2.11. The molecule has 1 aliphatic carbocycles. The highest BCUT2D eigenvalue weighted by Gasteiger charge is 2.75. The van der Waals surface area contributed by atoms with Crippen molar-refractivity contribution in [2.45, 2.75) is 39.2 Å². The summed E-state index contributed by atoms with van der Waals surface area (Å²) in [6, 6.07) is 0. The van der Waals surface area contributed by atoms with Gasteiger partial charge in [0.15, 0.2) is 5.60 Å². The highest BCUT2D eigenvalue weighted by atomic mass is 16.6. The smallest absolute Gasteiger partial charge is 0.313 e. The van der Waals surface area contributed by atoms with E-state index in [4.69, 9.17) is 4.74 Å². The molecule has 16 heavy (non-hydrogen) atoms. The van der Waals surface area contributed by atoms with Crippen LogP contribution in [-0.2, 0) is 19.2 Å². The van der Waals surface area contributed by atoms with Gasteiger partial charge < -0.3 is 4.74 Å². The van der Waals surface area contributed by atoms with Gasteiger partial charge in [-0.25, -0.2) is 5.48 Å². The summed E-state index contributed by atoms with van der Waals surface area (Å²) in [7, 11) is 1.37. The highest BCUT2D eigenvalue weighted by Crippen LogP contribution is 2.65. The van der Waals surface area contributed by atoms with Crippen LogP contribution in [0.25, 0.3) is 0 Å². The van der Waals surface area contributed by atoms with Crippen LogP contribution in [0.4, 0.5) is 0 Å². The van der Waals surface area contributed by atoms with E-state index in [0.29, 0.717) is 12.8 Å². The lowest BCUT2D eigenvalue weighted by atomic mass is 9.66. The van der Waals surface area contributed by atoms with Crippen LogP contribution in [-0.4, -0.2) is 24.6 Å². The molecule has 1 saturated heterocycles. The minimum absolute atomic E-state index is 0.282. The van der Waals surface area contributed by atoms with Crippen molar-refractivity contribution in [1.29, 1.82) is 0 Å². The minimum atomic E-state index is -1.07. The number of esters is 1. The lowest BCUT2D eigenvalue weighted by Gasteiger charge is -2.34. The van der Waals surface area contributed by atoms with Crippen molar-refractivity contribution in [3.63, 3.8) is 0 Å². The van der Waals surface area contributed by atoms with Crippen LogP contribution in [0.15, 0.2) is 0 Å². The lowest BCUT2D eigenvalue weighted by Crippen LogP contribution is -2.53. The first-order chi connectivity index (χ1) is 7.32. The van der Waals surface area contributed by atoms with Gasteiger partial charge in [0.2, 0.25) is 0 Å². The molecule has 2 bridgehead atoms. The van der Waals surface area contributed by atoms with Crippen molar-refractivity contribution in [2.24, 2.45) is 10.8 Å². The van der Waals surface area contributed by atoms with Gasteiger partial charge in [0.25, 0.3) is 5.91 Å². The molecule has 0 spiro atoms. The SMILES string of the molecule is CONC(=O)[C@]12CC[C@](C)(C(=O)O1)C2(C)C. The van der Waals surface area contributed by atoms with E-state index in [1.807, 2.05) is 20.8 Å². The first kappa shape index (κ1) is 11.4. The summed E-state index contributed by atoms with van der Waals surface area (Å²) < 4.78 is 5.35. The van der Waals surface area contributed by atoms with Crippen molar-refractivity contribution in [3.8, 4) is 0 Å². The summed E-state index contributed by atoms with van der Waals surface area (Å²) in [6.45, 7) is 5.67. The molecule has 5 nitrogen and oxygen atoms in total. The summed E-state index contributed by atoms with van der Waals surface area (Å²) in [5.74, 6) is -0.649. The van der Waals surface area contributed by atoms with Crippen LogP contribution in [0, 0.1) is 10.8 Å². The van der Waals surface area contributed by atoms with Gasteiger partial charge in [-0.3, -0.25) is 14.4 Å². The Morgan fingerprint density at radius 1 is 1.38 bits per heavy atom. The molecule has 2 aliphatic rings. The molecule has 2 rings (SSSR count). The van der Waals surface area contributed by atoms with Crippen molar-refractivity contribution in [1.82, 2.24) is 5.48 Å². The Labute approximate surface area is 94.4 Å². The van der Waals surface area contributed by atoms with Gasteiger partial charge in [-0.05, 0) is 19.8 Å². The highest BCUT2D eigenvalue weighted by molar-refractivity contribution is 5.95. The van der Waals surface area contributed by atoms with Crippen LogP contribution in [0.2, 0.25) is 0 Å². The van der Waals surface area contributed by atoms with Gasteiger partial charge >= 0.3 is 5.97 Å². The number of ether oxygens (including phenoxy) is 1. The average Bonchev–Trinajstić information content (AvgIpc) is 2.48. The number of hydrogen-bond acceptors (Lipinski definition) is 4. The second kappa shape index (κ2) is 2.97. The zero-order valence-corrected chi connectivity index (χ0v) is 10.0. The maximum Gasteiger partial charge on any atom is 0.313 e. The molecule has 0 unspecified atom stereocenters. The average molecular weight is 227 g/mol. The standard InChI is InChI=1S/C11H17NO4/c1-9(2)10(3)5-6-11(9,16-8(10)14)7(13)12-15-4/h5-6H2,1-4H3,(H,12,13)/t10-,11+/m1/s1. The molecule has 0 aromatic carbocycles. The number of hydroxylamine groups is 1. The maximum atomic E-state index is 12.0. The monoisotopic (exact) mass is 227 g/mol. The fraction of sp³-hybridized carbons (Fsp3) is 0.818. The first-order valence-electron chi connectivity index (χ1n) is 5.39. The van der Waals surface area contributed by atoms with Gasteiger partial charge in [0.1, 0.15) is 0 Å². The molecular formula is C11H17NO4. The van der Waals surface area contributed by atoms with Crippen molar-refractivity contribution < 1.29 is 19.2 Å². The summed E-state index contributed by atoms with van der Waals surface area (Å²) in [4.78, 5) is 28.5. The van der Waals surface area contributed by atoms with E-state index in [0.717, 1.165) is 0 Å². The zero-order chi connectivity index (χ0) is 12.2. The molecule has 1 N–H and O–H groups in total. The maximum absolute atomic E-state index is 12.0. The third-order valence-electron chi connectivity index (χ3n) is 4.65. The fourth-order valence-corrected chi connectivity index (χ4v) is 2.92. The van der Waals surface area contributed by atoms with E-state index in [-0.39, 0.29) is 11.9 Å². The van der Waals surface area contributed by atoms with E-state index in [2.05, 4.69) is 10.3 Å². The van der Waals surface area contributed by atoms with Gasteiger partial charge in [0, 0.05) is 5.41 Å². The van der Waals surface area contributed by atoms with E-state index in [1.54, 1.807) is 0 Å². The molecule has 1 aliphatic heterocycles. The molecule has 1 saturated carbocycles. The van der Waals surface area contributed by atoms with E-state index in [1.165, 1.54) is 7.11 Å². The second-order valence-corrected chi connectivity index (χ2v) is 5.31. The van der Waals surface area contributed by atoms with Crippen molar-refractivity contribution in [2.75, 3.05) is 7.11 Å². The van der Waals surface area contributed by atoms with Crippen LogP contribution in [0.1, 0.15) is 33.6 Å². The van der Waals surface area contributed by atoms with Gasteiger partial charge in [-0.15, -0.1) is 0 Å². The normalized spacial score (nSPS) is 39.6. The number of nitrogens with one attached hydrogen (secondary N) is 1. The number of fused-ring (bicyclic) bond motifs is 2. The molecule has 90 valence electrons. The molecule has 1 amide bonds. The van der Waals surface area contributed by atoms with Crippen LogP contribution in [0.5, 0.6) is 0 Å². The predicted molar refractivity (Wildman–Crippen MR) is 55.1 cm³/mol. The topological polar surface area (TPSA) is 64.6 Å². The van der Waals surface area contributed by atoms with Crippen LogP contribution in [0.3, 0.4) is 0 Å². The third-order valence-corrected chi connectivity index (χ3v) is 4.65. The Morgan fingerprint density at radius 2 is 2.00 bits per heavy atom. The largest absolute Gasteiger partial charge is 0.448 e. The number of amides is 1. The molecule has 5 heteroatoms. The van der Waals surface area contributed by atoms with E-state index in [9.17, 15) is 9.59 Å². The predicted octanol–water partition coefficient (Wildman–Crippen LogP) is 0.786. The molecule has 0 radical (unpaired) electrons. The van der Waals surface area contributed by atoms with Crippen molar-refractivity contribution in [3.05, 3.63) is 0 Å². The summed E-state index contributed by atoms with van der Waals surface area (Å²) >= 11 is 0. The first-order valence-corrected chi connectivity index (χ1v) is 5.39. The second-order valence-electron chi connectivity index (χ2n) is 5.31. The number of hydrogen-bond donors (Lipinski definition) is 1. The Bertz CT molecular complexity index is 365. The van der Waals surface area contributed by atoms with Gasteiger partial charge in [-0.2, -0.15) is 0 Å². The molecule has 0 aromatic heterocycles. The summed E-state index contributed by atoms with van der Waals surface area (Å²) in [6.07, 6.45) is 1.23. The molecule has 0 aromatic rings. The van der Waals surface area contributed by atoms with Gasteiger partial charge in [-0.1, -0.05) is 13.8 Å². The summed E-state index contributed by atoms with van der Waals surface area (Å²) in [5.41, 5.74) is 0.123. The lowest BCUT2D eigenvalue weighted by molar-refractivity contribution is -0.173. The third kappa shape index (κ3) is 0.948. The Hall–Kier alpha value is -1.10. The van der Waals surface area contributed by atoms with Crippen molar-refractivity contribution >= 4 is 11.9 Å². The number of rotatable bonds is 2. The van der Waals surface area contributed by atoms with E-state index >= 15 is 0 Å². The zero-order valence-electron chi connectivity index (χ0n) is 10.0. The number of carbonyl (C=O) groups excluding carboxylic acids is 2. The van der Waals surface area contributed by atoms with Crippen LogP contribution >= 0.6 is 0 Å². The fourth-order valence-electron chi connectivity index (χ4n) is 2.92.